The molecule has 48 heavy (non-hydrogen) atoms. The van der Waals surface area contributed by atoms with Crippen molar-refractivity contribution in [3.8, 4) is 0 Å². The molecule has 0 heterocycles. The fourth-order valence-corrected chi connectivity index (χ4v) is 7.26. The van der Waals surface area contributed by atoms with Gasteiger partial charge in [0.1, 0.15) is 0 Å². The van der Waals surface area contributed by atoms with Crippen LogP contribution in [0.4, 0.5) is 0 Å². The molecule has 0 aliphatic carbocycles. The van der Waals surface area contributed by atoms with Gasteiger partial charge in [-0.25, -0.2) is 0 Å². The number of nitrogens with zero attached hydrogens (tertiary/aromatic N) is 1. The Morgan fingerprint density at radius 1 is 0.333 bits per heavy atom. The third-order valence-corrected chi connectivity index (χ3v) is 10.5. The zero-order chi connectivity index (χ0) is 34.1. The van der Waals surface area contributed by atoms with E-state index in [0.717, 1.165) is 26.1 Å². The Morgan fingerprint density at radius 3 is 0.729 bits per heavy atom. The summed E-state index contributed by atoms with van der Waals surface area (Å²) in [4.78, 5) is 13.5. The molecule has 0 radical (unpaired) electrons. The van der Waals surface area contributed by atoms with Crippen molar-refractivity contribution in [2.75, 3.05) is 19.6 Å². The predicted molar refractivity (Wildman–Crippen MR) is 208 cm³/mol. The van der Waals surface area contributed by atoms with Crippen molar-refractivity contribution < 1.29 is 28.8 Å². The topological polar surface area (TPSA) is 43.4 Å². The van der Waals surface area contributed by atoms with Gasteiger partial charge in [0, 0.05) is 5.97 Å². The van der Waals surface area contributed by atoms with Gasteiger partial charge in [0.2, 0.25) is 0 Å². The quantitative estimate of drug-likeness (QED) is 0.0480. The van der Waals surface area contributed by atoms with Gasteiger partial charge >= 0.3 is 18.9 Å². The van der Waals surface area contributed by atoms with Gasteiger partial charge in [-0.3, -0.25) is 0 Å². The van der Waals surface area contributed by atoms with Crippen molar-refractivity contribution in [2.45, 2.75) is 258 Å². The Labute approximate surface area is 315 Å². The summed E-state index contributed by atoms with van der Waals surface area (Å²) in [6.45, 7) is 7.80. The molecule has 0 saturated heterocycles. The third kappa shape index (κ3) is 44.0. The fraction of sp³-hybridized carbons (Fsp3) is 0.977. The van der Waals surface area contributed by atoms with Crippen molar-refractivity contribution in [3.05, 3.63) is 0 Å². The Kier molecular flexibility index (Phi) is 47.1. The molecule has 0 fully saturated rings. The average molecular weight is 670 g/mol. The molecule has 0 aromatic carbocycles. The van der Waals surface area contributed by atoms with E-state index in [0.29, 0.717) is 0 Å². The Morgan fingerprint density at radius 2 is 0.521 bits per heavy atom. The Balaban J connectivity index is 0. The summed E-state index contributed by atoms with van der Waals surface area (Å²) in [6.07, 6.45) is 51.9. The summed E-state index contributed by atoms with van der Waals surface area (Å²) in [5, 5.41) is 10.9. The molecule has 0 saturated carbocycles. The van der Waals surface area contributed by atoms with Crippen LogP contribution in [0.2, 0.25) is 0 Å². The van der Waals surface area contributed by atoms with E-state index in [1.807, 2.05) is 0 Å². The number of carboxylic acid groups (broad SMARTS) is 1. The number of carbonyl (C=O) groups excluding carboxylic acids is 1. The van der Waals surface area contributed by atoms with Crippen LogP contribution < -0.4 is 24.0 Å². The number of rotatable bonds is 42. The molecule has 0 spiro atoms. The van der Waals surface area contributed by atoms with Crippen LogP contribution in [0, 0.1) is 0 Å². The minimum Gasteiger partial charge on any atom is -0.550 e. The number of hydrogen-bond acceptors (Lipinski definition) is 3. The maximum atomic E-state index is 10.9. The van der Waals surface area contributed by atoms with Gasteiger partial charge in [0.15, 0.2) is 0 Å². The zero-order valence-electron chi connectivity index (χ0n) is 33.8. The largest absolute Gasteiger partial charge is 1.00 e. The molecule has 0 N–H and O–H groups in total. The maximum absolute atomic E-state index is 10.9. The van der Waals surface area contributed by atoms with E-state index in [4.69, 9.17) is 0 Å². The van der Waals surface area contributed by atoms with Gasteiger partial charge in [-0.05, 0) is 45.3 Å². The molecule has 282 valence electrons. The second-order valence-electron chi connectivity index (χ2n) is 15.3. The standard InChI is InChI=1S/C44H89NO2.Li/c1-3-5-7-9-11-13-15-17-19-21-23-25-27-29-31-33-35-37-41-45(43-39-40-44(46)47)42-38-36-34-32-30-28-26-24-22-20-18-16-14-12-10-8-6-4-2;/h3-43H2,1-2H3,(H,46,47);/q;+1/p-1. The molecule has 3 nitrogen and oxygen atoms in total. The number of carboxylic acids is 1. The first-order valence-corrected chi connectivity index (χ1v) is 22.1. The first-order chi connectivity index (χ1) is 23.2. The van der Waals surface area contributed by atoms with E-state index in [2.05, 4.69) is 18.7 Å². The van der Waals surface area contributed by atoms with Crippen molar-refractivity contribution in [3.63, 3.8) is 0 Å². The minimum absolute atomic E-state index is 0. The van der Waals surface area contributed by atoms with E-state index >= 15 is 0 Å². The fourth-order valence-electron chi connectivity index (χ4n) is 7.26. The van der Waals surface area contributed by atoms with Crippen molar-refractivity contribution in [1.82, 2.24) is 4.90 Å². The van der Waals surface area contributed by atoms with Crippen LogP contribution in [0.1, 0.15) is 258 Å². The summed E-state index contributed by atoms with van der Waals surface area (Å²) >= 11 is 0. The normalized spacial score (nSPS) is 11.4. The Hall–Kier alpha value is 0.0274. The Bertz CT molecular complexity index is 546. The molecule has 0 atom stereocenters. The third-order valence-electron chi connectivity index (χ3n) is 10.5. The van der Waals surface area contributed by atoms with Crippen LogP contribution in [0.15, 0.2) is 0 Å². The van der Waals surface area contributed by atoms with E-state index < -0.39 is 5.97 Å². The summed E-state index contributed by atoms with van der Waals surface area (Å²) < 4.78 is 0. The predicted octanol–water partition coefficient (Wildman–Crippen LogP) is 10.9. The van der Waals surface area contributed by atoms with Gasteiger partial charge in [0.25, 0.3) is 0 Å². The average Bonchev–Trinajstić information content (AvgIpc) is 3.06. The number of hydrogen-bond donors (Lipinski definition) is 0. The molecule has 0 aromatic rings. The van der Waals surface area contributed by atoms with Crippen molar-refractivity contribution in [2.24, 2.45) is 0 Å². The van der Waals surface area contributed by atoms with Crippen LogP contribution in [-0.2, 0) is 4.79 Å². The van der Waals surface area contributed by atoms with Gasteiger partial charge in [-0.2, -0.15) is 0 Å². The molecular formula is C44H88LiNO2. The van der Waals surface area contributed by atoms with E-state index in [1.54, 1.807) is 0 Å². The second-order valence-corrected chi connectivity index (χ2v) is 15.3. The van der Waals surface area contributed by atoms with Crippen LogP contribution in [-0.4, -0.2) is 30.5 Å². The monoisotopic (exact) mass is 670 g/mol. The van der Waals surface area contributed by atoms with Crippen LogP contribution in [0.25, 0.3) is 0 Å². The van der Waals surface area contributed by atoms with Crippen molar-refractivity contribution >= 4 is 5.97 Å². The molecule has 0 bridgehead atoms. The van der Waals surface area contributed by atoms with Gasteiger partial charge in [0.05, 0.1) is 0 Å². The molecule has 0 aliphatic heterocycles. The summed E-state index contributed by atoms with van der Waals surface area (Å²) in [7, 11) is 0. The molecule has 0 aromatic heterocycles. The van der Waals surface area contributed by atoms with Crippen LogP contribution >= 0.6 is 0 Å². The summed E-state index contributed by atoms with van der Waals surface area (Å²) in [5.74, 6) is -0.897. The SMILES string of the molecule is CCCCCCCCCCCCCCCCCCCCN(CCCCCCCCCCCCCCCCCCCC)CCCC(=O)[O-].[Li+]. The first kappa shape index (κ1) is 50.1. The maximum Gasteiger partial charge on any atom is 1.00 e. The van der Waals surface area contributed by atoms with Crippen LogP contribution in [0.5, 0.6) is 0 Å². The smallest absolute Gasteiger partial charge is 0.550 e. The van der Waals surface area contributed by atoms with E-state index in [-0.39, 0.29) is 25.3 Å². The molecule has 0 unspecified atom stereocenters. The summed E-state index contributed by atoms with van der Waals surface area (Å²) in [5.41, 5.74) is 0. The van der Waals surface area contributed by atoms with Gasteiger partial charge < -0.3 is 14.8 Å². The number of unbranched alkanes of at least 4 members (excludes halogenated alkanes) is 34. The van der Waals surface area contributed by atoms with E-state index in [9.17, 15) is 9.90 Å². The minimum atomic E-state index is -0.897. The second kappa shape index (κ2) is 45.0. The zero-order valence-corrected chi connectivity index (χ0v) is 33.8. The van der Waals surface area contributed by atoms with Crippen molar-refractivity contribution in [1.29, 1.82) is 0 Å². The number of aliphatic carboxylic acids is 1. The molecule has 0 rings (SSSR count). The van der Waals surface area contributed by atoms with E-state index in [1.165, 1.54) is 231 Å². The molecule has 4 heteroatoms. The van der Waals surface area contributed by atoms with Gasteiger partial charge in [-0.1, -0.05) is 232 Å². The first-order valence-electron chi connectivity index (χ1n) is 22.1. The van der Waals surface area contributed by atoms with Gasteiger partial charge in [-0.15, -0.1) is 0 Å². The molecule has 0 amide bonds. The molecule has 0 aliphatic rings. The van der Waals surface area contributed by atoms with Crippen LogP contribution in [0.3, 0.4) is 0 Å². The number of carbonyl (C=O) groups is 1. The molecular weight excluding hydrogens is 581 g/mol. The summed E-state index contributed by atoms with van der Waals surface area (Å²) in [6, 6.07) is 0.